The van der Waals surface area contributed by atoms with Crippen molar-refractivity contribution < 1.29 is 19.1 Å². The van der Waals surface area contributed by atoms with E-state index in [0.29, 0.717) is 55.4 Å². The lowest BCUT2D eigenvalue weighted by Gasteiger charge is -2.33. The third-order valence-corrected chi connectivity index (χ3v) is 6.15. The molecule has 4 rings (SSSR count). The molecular weight excluding hydrogens is 442 g/mol. The van der Waals surface area contributed by atoms with E-state index in [2.05, 4.69) is 15.5 Å². The topological polar surface area (TPSA) is 79.9 Å². The molecule has 0 aliphatic carbocycles. The first-order chi connectivity index (χ1) is 17.1. The van der Waals surface area contributed by atoms with Gasteiger partial charge in [-0.15, -0.1) is 0 Å². The van der Waals surface area contributed by atoms with E-state index in [9.17, 15) is 9.59 Å². The number of ether oxygens (including phenoxy) is 2. The first-order valence-corrected chi connectivity index (χ1v) is 11.9. The van der Waals surface area contributed by atoms with Gasteiger partial charge in [-0.3, -0.25) is 14.5 Å². The fourth-order valence-electron chi connectivity index (χ4n) is 4.24. The highest BCUT2D eigenvalue weighted by Gasteiger charge is 2.26. The summed E-state index contributed by atoms with van der Waals surface area (Å²) in [4.78, 5) is 28.2. The van der Waals surface area contributed by atoms with Crippen molar-refractivity contribution in [1.82, 2.24) is 4.90 Å². The molecule has 1 heterocycles. The van der Waals surface area contributed by atoms with E-state index in [-0.39, 0.29) is 17.9 Å². The normalized spacial score (nSPS) is 14.7. The van der Waals surface area contributed by atoms with E-state index in [4.69, 9.17) is 9.47 Å². The summed E-state index contributed by atoms with van der Waals surface area (Å²) in [7, 11) is 1.54. The number of benzene rings is 3. The van der Waals surface area contributed by atoms with Gasteiger partial charge in [0.05, 0.1) is 32.1 Å². The molecule has 1 aliphatic heterocycles. The molecule has 0 aromatic heterocycles. The number of methoxy groups -OCH3 is 1. The predicted molar refractivity (Wildman–Crippen MR) is 138 cm³/mol. The number of carbonyl (C=O) groups is 2. The Hall–Kier alpha value is -3.68. The van der Waals surface area contributed by atoms with Crippen molar-refractivity contribution in [1.29, 1.82) is 0 Å². The van der Waals surface area contributed by atoms with Crippen molar-refractivity contribution in [2.45, 2.75) is 19.4 Å². The Kier molecular flexibility index (Phi) is 8.13. The van der Waals surface area contributed by atoms with Crippen molar-refractivity contribution in [3.05, 3.63) is 78.4 Å². The standard InChI is InChI=1S/C28H31N3O4/c1-3-25(31-15-17-35-18-16-31)28(33)30-24-19-22(11-14-26(24)34-2)27(32)29-23-12-9-21(10-13-23)20-7-5-4-6-8-20/h4-14,19,25H,3,15-18H2,1-2H3,(H,29,32)(H,30,33)/t25-/m0/s1. The number of hydrogen-bond donors (Lipinski definition) is 2. The summed E-state index contributed by atoms with van der Waals surface area (Å²) in [6.07, 6.45) is 0.674. The van der Waals surface area contributed by atoms with E-state index >= 15 is 0 Å². The minimum absolute atomic E-state index is 0.123. The third kappa shape index (κ3) is 6.07. The second-order valence-corrected chi connectivity index (χ2v) is 8.37. The zero-order valence-electron chi connectivity index (χ0n) is 20.1. The van der Waals surface area contributed by atoms with E-state index in [0.717, 1.165) is 11.1 Å². The Balaban J connectivity index is 1.46. The molecule has 2 amide bonds. The van der Waals surface area contributed by atoms with Crippen LogP contribution in [0.25, 0.3) is 11.1 Å². The van der Waals surface area contributed by atoms with Crippen LogP contribution in [0.2, 0.25) is 0 Å². The van der Waals surface area contributed by atoms with Crippen LogP contribution in [0.4, 0.5) is 11.4 Å². The summed E-state index contributed by atoms with van der Waals surface area (Å²) in [5, 5.41) is 5.89. The molecule has 3 aromatic carbocycles. The monoisotopic (exact) mass is 473 g/mol. The van der Waals surface area contributed by atoms with Gasteiger partial charge in [-0.2, -0.15) is 0 Å². The molecule has 7 nitrogen and oxygen atoms in total. The van der Waals surface area contributed by atoms with Gasteiger partial charge < -0.3 is 20.1 Å². The number of morpholine rings is 1. The molecular formula is C28H31N3O4. The molecule has 1 fully saturated rings. The Morgan fingerprint density at radius 3 is 2.29 bits per heavy atom. The van der Waals surface area contributed by atoms with E-state index in [1.807, 2.05) is 61.5 Å². The molecule has 0 radical (unpaired) electrons. The number of nitrogens with zero attached hydrogens (tertiary/aromatic N) is 1. The SMILES string of the molecule is CC[C@@H](C(=O)Nc1cc(C(=O)Nc2ccc(-c3ccccc3)cc2)ccc1OC)N1CCOCC1. The van der Waals surface area contributed by atoms with Crippen molar-refractivity contribution in [2.24, 2.45) is 0 Å². The molecule has 0 saturated carbocycles. The van der Waals surface area contributed by atoms with Gasteiger partial charge in [-0.25, -0.2) is 0 Å². The highest BCUT2D eigenvalue weighted by molar-refractivity contribution is 6.06. The van der Waals surface area contributed by atoms with Crippen LogP contribution in [0.15, 0.2) is 72.8 Å². The highest BCUT2D eigenvalue weighted by atomic mass is 16.5. The molecule has 35 heavy (non-hydrogen) atoms. The number of nitrogens with one attached hydrogen (secondary N) is 2. The molecule has 0 spiro atoms. The van der Waals surface area contributed by atoms with Crippen LogP contribution in [0.3, 0.4) is 0 Å². The van der Waals surface area contributed by atoms with Crippen LogP contribution >= 0.6 is 0 Å². The minimum atomic E-state index is -0.274. The number of amides is 2. The van der Waals surface area contributed by atoms with Crippen LogP contribution in [0.1, 0.15) is 23.7 Å². The van der Waals surface area contributed by atoms with Gasteiger partial charge in [0.25, 0.3) is 5.91 Å². The Morgan fingerprint density at radius 1 is 0.943 bits per heavy atom. The smallest absolute Gasteiger partial charge is 0.255 e. The lowest BCUT2D eigenvalue weighted by molar-refractivity contribution is -0.123. The molecule has 1 saturated heterocycles. The van der Waals surface area contributed by atoms with Crippen molar-refractivity contribution in [3.8, 4) is 16.9 Å². The van der Waals surface area contributed by atoms with E-state index in [1.54, 1.807) is 18.2 Å². The lowest BCUT2D eigenvalue weighted by atomic mass is 10.1. The highest BCUT2D eigenvalue weighted by Crippen LogP contribution is 2.27. The zero-order valence-corrected chi connectivity index (χ0v) is 20.1. The average molecular weight is 474 g/mol. The van der Waals surface area contributed by atoms with E-state index in [1.165, 1.54) is 7.11 Å². The Labute approximate surface area is 206 Å². The van der Waals surface area contributed by atoms with Crippen LogP contribution < -0.4 is 15.4 Å². The molecule has 0 unspecified atom stereocenters. The summed E-state index contributed by atoms with van der Waals surface area (Å²) >= 11 is 0. The van der Waals surface area contributed by atoms with Crippen LogP contribution in [-0.2, 0) is 9.53 Å². The minimum Gasteiger partial charge on any atom is -0.495 e. The Bertz CT molecular complexity index is 1140. The molecule has 3 aromatic rings. The first-order valence-electron chi connectivity index (χ1n) is 11.9. The summed E-state index contributed by atoms with van der Waals surface area (Å²) in [5.41, 5.74) is 3.77. The quantitative estimate of drug-likeness (QED) is 0.497. The fourth-order valence-corrected chi connectivity index (χ4v) is 4.24. The van der Waals surface area contributed by atoms with Gasteiger partial charge in [0.1, 0.15) is 5.75 Å². The Morgan fingerprint density at radius 2 is 1.63 bits per heavy atom. The van der Waals surface area contributed by atoms with E-state index < -0.39 is 0 Å². The maximum absolute atomic E-state index is 13.1. The fraction of sp³-hybridized carbons (Fsp3) is 0.286. The first kappa shape index (κ1) is 24.4. The number of anilines is 2. The second-order valence-electron chi connectivity index (χ2n) is 8.37. The van der Waals surface area contributed by atoms with Gasteiger partial charge >= 0.3 is 0 Å². The van der Waals surface area contributed by atoms with Gasteiger partial charge in [-0.05, 0) is 47.9 Å². The van der Waals surface area contributed by atoms with Crippen LogP contribution in [0, 0.1) is 0 Å². The number of carbonyl (C=O) groups excluding carboxylic acids is 2. The third-order valence-electron chi connectivity index (χ3n) is 6.15. The summed E-state index contributed by atoms with van der Waals surface area (Å²) < 4.78 is 10.8. The predicted octanol–water partition coefficient (Wildman–Crippen LogP) is 4.66. The van der Waals surface area contributed by atoms with Crippen molar-refractivity contribution >= 4 is 23.2 Å². The largest absolute Gasteiger partial charge is 0.495 e. The molecule has 0 bridgehead atoms. The average Bonchev–Trinajstić information content (AvgIpc) is 2.90. The van der Waals surface area contributed by atoms with Gasteiger partial charge in [0, 0.05) is 24.3 Å². The van der Waals surface area contributed by atoms with Crippen molar-refractivity contribution in [3.63, 3.8) is 0 Å². The molecule has 1 atom stereocenters. The summed E-state index contributed by atoms with van der Waals surface area (Å²) in [6.45, 7) is 4.66. The van der Waals surface area contributed by atoms with Gasteiger partial charge in [0.15, 0.2) is 0 Å². The van der Waals surface area contributed by atoms with Crippen LogP contribution in [0.5, 0.6) is 5.75 Å². The molecule has 182 valence electrons. The number of rotatable bonds is 8. The summed E-state index contributed by atoms with van der Waals surface area (Å²) in [6, 6.07) is 22.5. The molecule has 1 aliphatic rings. The molecule has 7 heteroatoms. The molecule has 2 N–H and O–H groups in total. The zero-order chi connectivity index (χ0) is 24.6. The number of hydrogen-bond acceptors (Lipinski definition) is 5. The maximum Gasteiger partial charge on any atom is 0.255 e. The van der Waals surface area contributed by atoms with Gasteiger partial charge in [-0.1, -0.05) is 49.4 Å². The second kappa shape index (κ2) is 11.6. The maximum atomic E-state index is 13.1. The lowest BCUT2D eigenvalue weighted by Crippen LogP contribution is -2.49. The van der Waals surface area contributed by atoms with Crippen molar-refractivity contribution in [2.75, 3.05) is 44.0 Å². The van der Waals surface area contributed by atoms with Crippen LogP contribution in [-0.4, -0.2) is 56.2 Å². The van der Waals surface area contributed by atoms with Gasteiger partial charge in [0.2, 0.25) is 5.91 Å². The summed E-state index contributed by atoms with van der Waals surface area (Å²) in [5.74, 6) is 0.108.